The number of hydrogen-bond acceptors (Lipinski definition) is 3. The molecule has 146 valence electrons. The highest BCUT2D eigenvalue weighted by atomic mass is 32.1. The molecule has 3 aromatic rings. The van der Waals surface area contributed by atoms with Crippen molar-refractivity contribution in [1.82, 2.24) is 15.1 Å². The number of carbonyl (C=O) groups is 1. The van der Waals surface area contributed by atoms with Crippen LogP contribution in [0.3, 0.4) is 0 Å². The van der Waals surface area contributed by atoms with E-state index in [-0.39, 0.29) is 22.3 Å². The average molecular weight is 410 g/mol. The van der Waals surface area contributed by atoms with Gasteiger partial charge in [-0.15, -0.1) is 0 Å². The maximum atomic E-state index is 14.1. The van der Waals surface area contributed by atoms with E-state index in [4.69, 9.17) is 12.2 Å². The van der Waals surface area contributed by atoms with E-state index in [2.05, 4.69) is 10.4 Å². The Kier molecular flexibility index (Phi) is 4.71. The van der Waals surface area contributed by atoms with Crippen molar-refractivity contribution in [2.24, 2.45) is 0 Å². The first-order valence-electron chi connectivity index (χ1n) is 8.80. The summed E-state index contributed by atoms with van der Waals surface area (Å²) in [5.74, 6) is -1.32. The summed E-state index contributed by atoms with van der Waals surface area (Å²) in [5.41, 5.74) is 3.20. The SMILES string of the molecule is Cc1nn(-c2ccc(F)cc2)c(C)c1/C=C1\NC(=S)N(c2ccccc2F)C1=O. The zero-order valence-electron chi connectivity index (χ0n) is 15.6. The van der Waals surface area contributed by atoms with Crippen molar-refractivity contribution in [2.45, 2.75) is 13.8 Å². The fourth-order valence-electron chi connectivity index (χ4n) is 3.23. The Morgan fingerprint density at radius 2 is 1.76 bits per heavy atom. The quantitative estimate of drug-likeness (QED) is 0.523. The summed E-state index contributed by atoms with van der Waals surface area (Å²) in [5, 5.41) is 7.45. The number of thiocarbonyl (C=S) groups is 1. The lowest BCUT2D eigenvalue weighted by atomic mass is 10.1. The molecule has 1 aliphatic heterocycles. The van der Waals surface area contributed by atoms with Gasteiger partial charge in [-0.05, 0) is 68.5 Å². The summed E-state index contributed by atoms with van der Waals surface area (Å²) in [6.07, 6.45) is 1.65. The second-order valence-electron chi connectivity index (χ2n) is 6.55. The van der Waals surface area contributed by atoms with Gasteiger partial charge in [0.25, 0.3) is 5.91 Å². The number of aromatic nitrogens is 2. The fourth-order valence-corrected chi connectivity index (χ4v) is 3.52. The minimum absolute atomic E-state index is 0.0915. The summed E-state index contributed by atoms with van der Waals surface area (Å²) >= 11 is 5.24. The van der Waals surface area contributed by atoms with Crippen molar-refractivity contribution < 1.29 is 13.6 Å². The number of nitrogens with one attached hydrogen (secondary N) is 1. The van der Waals surface area contributed by atoms with Gasteiger partial charge in [0.2, 0.25) is 0 Å². The smallest absolute Gasteiger partial charge is 0.281 e. The number of aryl methyl sites for hydroxylation is 1. The lowest BCUT2D eigenvalue weighted by molar-refractivity contribution is -0.113. The predicted octanol–water partition coefficient (Wildman–Crippen LogP) is 4.03. The van der Waals surface area contributed by atoms with Crippen molar-refractivity contribution in [1.29, 1.82) is 0 Å². The van der Waals surface area contributed by atoms with Crippen LogP contribution >= 0.6 is 12.2 Å². The van der Waals surface area contributed by atoms with Gasteiger partial charge in [-0.25, -0.2) is 18.4 Å². The maximum absolute atomic E-state index is 14.1. The van der Waals surface area contributed by atoms with Crippen molar-refractivity contribution in [3.63, 3.8) is 0 Å². The number of para-hydroxylation sites is 1. The van der Waals surface area contributed by atoms with Gasteiger partial charge in [0.05, 0.1) is 17.1 Å². The number of halogens is 2. The van der Waals surface area contributed by atoms with E-state index in [1.54, 1.807) is 35.0 Å². The first kappa shape index (κ1) is 18.9. The van der Waals surface area contributed by atoms with Gasteiger partial charge >= 0.3 is 0 Å². The van der Waals surface area contributed by atoms with Crippen LogP contribution in [-0.4, -0.2) is 20.8 Å². The van der Waals surface area contributed by atoms with E-state index < -0.39 is 11.7 Å². The van der Waals surface area contributed by atoms with Crippen LogP contribution in [0.1, 0.15) is 17.0 Å². The summed E-state index contributed by atoms with van der Waals surface area (Å²) in [4.78, 5) is 14.0. The third-order valence-electron chi connectivity index (χ3n) is 4.68. The zero-order chi connectivity index (χ0) is 20.7. The van der Waals surface area contributed by atoms with Crippen LogP contribution in [0.5, 0.6) is 0 Å². The highest BCUT2D eigenvalue weighted by molar-refractivity contribution is 7.80. The lowest BCUT2D eigenvalue weighted by Gasteiger charge is -2.14. The van der Waals surface area contributed by atoms with E-state index in [0.29, 0.717) is 11.4 Å². The molecule has 0 bridgehead atoms. The number of amides is 1. The van der Waals surface area contributed by atoms with Crippen molar-refractivity contribution in [3.8, 4) is 5.69 Å². The van der Waals surface area contributed by atoms with Crippen LogP contribution in [0.4, 0.5) is 14.5 Å². The molecule has 0 spiro atoms. The van der Waals surface area contributed by atoms with Gasteiger partial charge in [-0.1, -0.05) is 12.1 Å². The van der Waals surface area contributed by atoms with Crippen LogP contribution in [0, 0.1) is 25.5 Å². The first-order valence-corrected chi connectivity index (χ1v) is 9.21. The lowest BCUT2D eigenvalue weighted by Crippen LogP contribution is -2.31. The molecule has 1 N–H and O–H groups in total. The second kappa shape index (κ2) is 7.21. The van der Waals surface area contributed by atoms with Crippen molar-refractivity contribution in [2.75, 3.05) is 4.90 Å². The molecule has 29 heavy (non-hydrogen) atoms. The van der Waals surface area contributed by atoms with E-state index >= 15 is 0 Å². The molecule has 0 saturated carbocycles. The highest BCUT2D eigenvalue weighted by Gasteiger charge is 2.33. The standard InChI is InChI=1S/C21H16F2N4OS/c1-12-16(13(2)27(25-12)15-9-7-14(22)8-10-15)11-18-20(28)26(21(29)24-18)19-6-4-3-5-17(19)23/h3-11H,1-2H3,(H,24,29)/b18-11-. The number of carbonyl (C=O) groups excluding carboxylic acids is 1. The van der Waals surface area contributed by atoms with E-state index in [1.165, 1.54) is 24.3 Å². The summed E-state index contributed by atoms with van der Waals surface area (Å²) in [7, 11) is 0. The van der Waals surface area contributed by atoms with E-state index in [9.17, 15) is 13.6 Å². The molecule has 0 aliphatic carbocycles. The Morgan fingerprint density at radius 3 is 2.45 bits per heavy atom. The van der Waals surface area contributed by atoms with Gasteiger partial charge in [-0.2, -0.15) is 5.10 Å². The van der Waals surface area contributed by atoms with Gasteiger partial charge in [0, 0.05) is 11.3 Å². The van der Waals surface area contributed by atoms with Gasteiger partial charge in [0.1, 0.15) is 17.3 Å². The Bertz CT molecular complexity index is 1170. The molecule has 0 radical (unpaired) electrons. The highest BCUT2D eigenvalue weighted by Crippen LogP contribution is 2.27. The normalized spacial score (nSPS) is 15.3. The molecule has 2 heterocycles. The summed E-state index contributed by atoms with van der Waals surface area (Å²) < 4.78 is 29.0. The average Bonchev–Trinajstić information content (AvgIpc) is 3.13. The molecule has 2 aromatic carbocycles. The van der Waals surface area contributed by atoms with Crippen molar-refractivity contribution in [3.05, 3.63) is 82.8 Å². The number of hydrogen-bond donors (Lipinski definition) is 1. The summed E-state index contributed by atoms with van der Waals surface area (Å²) in [6.45, 7) is 3.66. The molecular weight excluding hydrogens is 394 g/mol. The van der Waals surface area contributed by atoms with E-state index in [1.807, 2.05) is 13.8 Å². The van der Waals surface area contributed by atoms with Gasteiger partial charge < -0.3 is 5.32 Å². The molecule has 1 saturated heterocycles. The molecule has 0 atom stereocenters. The van der Waals surface area contributed by atoms with Gasteiger partial charge in [-0.3, -0.25) is 4.79 Å². The van der Waals surface area contributed by atoms with Crippen LogP contribution in [0.2, 0.25) is 0 Å². The Balaban J connectivity index is 1.72. The molecule has 5 nitrogen and oxygen atoms in total. The minimum Gasteiger partial charge on any atom is -0.327 e. The van der Waals surface area contributed by atoms with Crippen molar-refractivity contribution >= 4 is 35.0 Å². The van der Waals surface area contributed by atoms with Crippen LogP contribution in [0.15, 0.2) is 54.2 Å². The first-order chi connectivity index (χ1) is 13.9. The summed E-state index contributed by atoms with van der Waals surface area (Å²) in [6, 6.07) is 11.9. The molecule has 1 aromatic heterocycles. The third kappa shape index (κ3) is 3.31. The number of nitrogens with zero attached hydrogens (tertiary/aromatic N) is 3. The fraction of sp³-hybridized carbons (Fsp3) is 0.0952. The maximum Gasteiger partial charge on any atom is 0.281 e. The number of benzene rings is 2. The molecular formula is C21H16F2N4OS. The molecule has 4 rings (SSSR count). The monoisotopic (exact) mass is 410 g/mol. The second-order valence-corrected chi connectivity index (χ2v) is 6.94. The minimum atomic E-state index is -0.539. The topological polar surface area (TPSA) is 50.2 Å². The largest absolute Gasteiger partial charge is 0.327 e. The Morgan fingerprint density at radius 1 is 1.07 bits per heavy atom. The Labute approximate surface area is 171 Å². The Hall–Kier alpha value is -3.39. The van der Waals surface area contributed by atoms with Gasteiger partial charge in [0.15, 0.2) is 5.11 Å². The molecule has 1 amide bonds. The third-order valence-corrected chi connectivity index (χ3v) is 4.96. The van der Waals surface area contributed by atoms with Crippen LogP contribution in [0.25, 0.3) is 11.8 Å². The molecule has 8 heteroatoms. The molecule has 0 unspecified atom stereocenters. The molecule has 1 fully saturated rings. The van der Waals surface area contributed by atoms with E-state index in [0.717, 1.165) is 16.2 Å². The van der Waals surface area contributed by atoms with Crippen LogP contribution < -0.4 is 10.2 Å². The van der Waals surface area contributed by atoms with Crippen LogP contribution in [-0.2, 0) is 4.79 Å². The number of rotatable bonds is 3. The predicted molar refractivity (Wildman–Crippen MR) is 111 cm³/mol. The number of anilines is 1. The molecule has 1 aliphatic rings. The zero-order valence-corrected chi connectivity index (χ0v) is 16.4.